The number of benzene rings is 1. The van der Waals surface area contributed by atoms with Crippen molar-refractivity contribution >= 4 is 11.6 Å². The molecule has 0 unspecified atom stereocenters. The largest absolute Gasteiger partial charge is 0.496 e. The summed E-state index contributed by atoms with van der Waals surface area (Å²) in [5.41, 5.74) is 2.56. The van der Waals surface area contributed by atoms with E-state index >= 15 is 0 Å². The number of aryl methyl sites for hydroxylation is 1. The molecule has 0 amide bonds. The van der Waals surface area contributed by atoms with Crippen molar-refractivity contribution in [3.63, 3.8) is 0 Å². The van der Waals surface area contributed by atoms with E-state index in [1.807, 2.05) is 0 Å². The Hall–Kier alpha value is -0.730. The number of hydrogen-bond acceptors (Lipinski definition) is 2. The van der Waals surface area contributed by atoms with Gasteiger partial charge in [0.25, 0.3) is 0 Å². The summed E-state index contributed by atoms with van der Waals surface area (Å²) in [5.74, 6) is 1.69. The molecule has 0 bridgehead atoms. The zero-order valence-corrected chi connectivity index (χ0v) is 12.7. The van der Waals surface area contributed by atoms with Crippen LogP contribution in [0.25, 0.3) is 0 Å². The number of rotatable bonds is 6. The van der Waals surface area contributed by atoms with Crippen molar-refractivity contribution < 1.29 is 4.74 Å². The molecule has 0 aliphatic heterocycles. The van der Waals surface area contributed by atoms with Crippen LogP contribution in [-0.4, -0.2) is 30.5 Å². The van der Waals surface area contributed by atoms with E-state index < -0.39 is 0 Å². The maximum Gasteiger partial charge on any atom is 0.123 e. The molecule has 0 saturated heterocycles. The second kappa shape index (κ2) is 7.16. The smallest absolute Gasteiger partial charge is 0.123 e. The highest BCUT2D eigenvalue weighted by molar-refractivity contribution is 6.18. The van der Waals surface area contributed by atoms with Crippen LogP contribution < -0.4 is 4.74 Å². The number of nitrogens with zero attached hydrogens (tertiary/aromatic N) is 1. The van der Waals surface area contributed by atoms with E-state index in [-0.39, 0.29) is 0 Å². The van der Waals surface area contributed by atoms with Crippen molar-refractivity contribution in [2.24, 2.45) is 0 Å². The van der Waals surface area contributed by atoms with Gasteiger partial charge in [-0.1, -0.05) is 30.5 Å². The van der Waals surface area contributed by atoms with Crippen LogP contribution in [-0.2, 0) is 6.54 Å². The molecule has 1 saturated carbocycles. The zero-order valence-electron chi connectivity index (χ0n) is 12.0. The maximum atomic E-state index is 5.97. The minimum atomic E-state index is 0.698. The van der Waals surface area contributed by atoms with Crippen molar-refractivity contribution in [1.29, 1.82) is 0 Å². The van der Waals surface area contributed by atoms with Gasteiger partial charge in [0.1, 0.15) is 5.75 Å². The highest BCUT2D eigenvalue weighted by Crippen LogP contribution is 2.27. The van der Waals surface area contributed by atoms with Crippen LogP contribution in [0.3, 0.4) is 0 Å². The lowest BCUT2D eigenvalue weighted by atomic mass is 10.1. The Bertz CT molecular complexity index is 402. The van der Waals surface area contributed by atoms with Crippen LogP contribution in [0.15, 0.2) is 18.2 Å². The molecular weight excluding hydrogens is 258 g/mol. The Labute approximate surface area is 121 Å². The van der Waals surface area contributed by atoms with Crippen LogP contribution in [0.2, 0.25) is 0 Å². The summed E-state index contributed by atoms with van der Waals surface area (Å²) in [4.78, 5) is 2.53. The summed E-state index contributed by atoms with van der Waals surface area (Å²) in [6, 6.07) is 7.10. The second-order valence-electron chi connectivity index (χ2n) is 5.41. The van der Waals surface area contributed by atoms with E-state index in [0.717, 1.165) is 18.8 Å². The molecule has 0 N–H and O–H groups in total. The fourth-order valence-corrected chi connectivity index (χ4v) is 3.24. The first kappa shape index (κ1) is 14.7. The minimum absolute atomic E-state index is 0.698. The SMILES string of the molecule is COc1ccc(C)cc1CN(CCCl)C1CCCC1. The van der Waals surface area contributed by atoms with Crippen LogP contribution in [0.4, 0.5) is 0 Å². The van der Waals surface area contributed by atoms with E-state index in [0.29, 0.717) is 11.9 Å². The average molecular weight is 282 g/mol. The maximum absolute atomic E-state index is 5.97. The van der Waals surface area contributed by atoms with Crippen molar-refractivity contribution in [3.05, 3.63) is 29.3 Å². The first-order valence-corrected chi connectivity index (χ1v) is 7.71. The van der Waals surface area contributed by atoms with Crippen molar-refractivity contribution in [2.75, 3.05) is 19.5 Å². The van der Waals surface area contributed by atoms with Gasteiger partial charge in [0, 0.05) is 30.6 Å². The Kier molecular flexibility index (Phi) is 5.53. The molecule has 1 aliphatic rings. The average Bonchev–Trinajstić information content (AvgIpc) is 2.92. The van der Waals surface area contributed by atoms with Gasteiger partial charge < -0.3 is 4.74 Å². The van der Waals surface area contributed by atoms with Crippen LogP contribution in [0, 0.1) is 6.92 Å². The van der Waals surface area contributed by atoms with Crippen molar-refractivity contribution in [2.45, 2.75) is 45.2 Å². The third-order valence-corrected chi connectivity index (χ3v) is 4.19. The monoisotopic (exact) mass is 281 g/mol. The van der Waals surface area contributed by atoms with Gasteiger partial charge in [-0.15, -0.1) is 11.6 Å². The number of alkyl halides is 1. The molecule has 1 aromatic carbocycles. The predicted octanol–water partition coefficient (Wildman–Crippen LogP) is 3.99. The molecule has 0 aromatic heterocycles. The molecule has 0 atom stereocenters. The molecule has 1 aliphatic carbocycles. The molecule has 1 fully saturated rings. The standard InChI is InChI=1S/C16H24ClNO/c1-13-7-8-16(19-2)14(11-13)12-18(10-9-17)15-5-3-4-6-15/h7-8,11,15H,3-6,9-10,12H2,1-2H3. The number of halogens is 1. The summed E-state index contributed by atoms with van der Waals surface area (Å²) in [5, 5.41) is 0. The van der Waals surface area contributed by atoms with Crippen LogP contribution >= 0.6 is 11.6 Å². The molecule has 2 nitrogen and oxygen atoms in total. The van der Waals surface area contributed by atoms with Crippen molar-refractivity contribution in [1.82, 2.24) is 4.90 Å². The van der Waals surface area contributed by atoms with Gasteiger partial charge in [0.15, 0.2) is 0 Å². The predicted molar refractivity (Wildman–Crippen MR) is 81.1 cm³/mol. The highest BCUT2D eigenvalue weighted by Gasteiger charge is 2.23. The molecule has 1 aromatic rings. The topological polar surface area (TPSA) is 12.5 Å². The van der Waals surface area contributed by atoms with Gasteiger partial charge in [-0.25, -0.2) is 0 Å². The summed E-state index contributed by atoms with van der Waals surface area (Å²) in [7, 11) is 1.75. The summed E-state index contributed by atoms with van der Waals surface area (Å²) >= 11 is 5.97. The van der Waals surface area contributed by atoms with Crippen LogP contribution in [0.5, 0.6) is 5.75 Å². The third kappa shape index (κ3) is 3.87. The van der Waals surface area contributed by atoms with E-state index in [2.05, 4.69) is 30.0 Å². The summed E-state index contributed by atoms with van der Waals surface area (Å²) in [6.07, 6.45) is 5.33. The van der Waals surface area contributed by atoms with Gasteiger partial charge >= 0.3 is 0 Å². The molecule has 0 spiro atoms. The normalized spacial score (nSPS) is 16.2. The molecular formula is C16H24ClNO. The Balaban J connectivity index is 2.13. The number of ether oxygens (including phenoxy) is 1. The van der Waals surface area contributed by atoms with Gasteiger partial charge in [0.2, 0.25) is 0 Å². The van der Waals surface area contributed by atoms with Crippen LogP contribution in [0.1, 0.15) is 36.8 Å². The summed E-state index contributed by atoms with van der Waals surface area (Å²) < 4.78 is 5.48. The van der Waals surface area contributed by atoms with E-state index in [1.165, 1.54) is 36.8 Å². The minimum Gasteiger partial charge on any atom is -0.496 e. The molecule has 106 valence electrons. The lowest BCUT2D eigenvalue weighted by Gasteiger charge is -2.28. The fraction of sp³-hybridized carbons (Fsp3) is 0.625. The first-order valence-electron chi connectivity index (χ1n) is 7.18. The Morgan fingerprint density at radius 1 is 1.32 bits per heavy atom. The summed E-state index contributed by atoms with van der Waals surface area (Å²) in [6.45, 7) is 4.04. The zero-order chi connectivity index (χ0) is 13.7. The number of hydrogen-bond donors (Lipinski definition) is 0. The molecule has 0 heterocycles. The lowest BCUT2D eigenvalue weighted by Crippen LogP contribution is -2.34. The van der Waals surface area contributed by atoms with Gasteiger partial charge in [-0.2, -0.15) is 0 Å². The molecule has 2 rings (SSSR count). The Morgan fingerprint density at radius 3 is 2.68 bits per heavy atom. The molecule has 0 radical (unpaired) electrons. The Morgan fingerprint density at radius 2 is 2.05 bits per heavy atom. The van der Waals surface area contributed by atoms with E-state index in [1.54, 1.807) is 7.11 Å². The van der Waals surface area contributed by atoms with E-state index in [4.69, 9.17) is 16.3 Å². The quantitative estimate of drug-likeness (QED) is 0.731. The first-order chi connectivity index (χ1) is 9.24. The van der Waals surface area contributed by atoms with Gasteiger partial charge in [-0.3, -0.25) is 4.90 Å². The molecule has 19 heavy (non-hydrogen) atoms. The van der Waals surface area contributed by atoms with Crippen molar-refractivity contribution in [3.8, 4) is 5.75 Å². The van der Waals surface area contributed by atoms with Gasteiger partial charge in [-0.05, 0) is 25.8 Å². The second-order valence-corrected chi connectivity index (χ2v) is 5.79. The van der Waals surface area contributed by atoms with Gasteiger partial charge in [0.05, 0.1) is 7.11 Å². The molecule has 3 heteroatoms. The highest BCUT2D eigenvalue weighted by atomic mass is 35.5. The fourth-order valence-electron chi connectivity index (χ4n) is 3.02. The number of methoxy groups -OCH3 is 1. The third-order valence-electron chi connectivity index (χ3n) is 4.02. The van der Waals surface area contributed by atoms with E-state index in [9.17, 15) is 0 Å². The lowest BCUT2D eigenvalue weighted by molar-refractivity contribution is 0.199.